The van der Waals surface area contributed by atoms with Gasteiger partial charge in [-0.1, -0.05) is 66.7 Å². The maximum atomic E-state index is 14.8. The normalized spacial score (nSPS) is 11.7. The Bertz CT molecular complexity index is 1040. The molecule has 0 saturated heterocycles. The van der Waals surface area contributed by atoms with Crippen molar-refractivity contribution < 1.29 is 13.9 Å². The van der Waals surface area contributed by atoms with Gasteiger partial charge in [-0.2, -0.15) is 0 Å². The predicted molar refractivity (Wildman–Crippen MR) is 115 cm³/mol. The maximum Gasteiger partial charge on any atom is 0.271 e. The van der Waals surface area contributed by atoms with Crippen molar-refractivity contribution >= 4 is 23.5 Å². The van der Waals surface area contributed by atoms with Gasteiger partial charge >= 0.3 is 0 Å². The first-order valence-corrected chi connectivity index (χ1v) is 9.52. The van der Waals surface area contributed by atoms with Crippen molar-refractivity contribution in [3.8, 4) is 11.1 Å². The minimum Gasteiger partial charge on any atom is -0.384 e. The zero-order chi connectivity index (χ0) is 21.7. The lowest BCUT2D eigenvalue weighted by Crippen LogP contribution is -2.29. The smallest absolute Gasteiger partial charge is 0.271 e. The maximum absolute atomic E-state index is 14.8. The first-order valence-electron chi connectivity index (χ1n) is 9.19. The van der Waals surface area contributed by atoms with E-state index in [-0.39, 0.29) is 17.9 Å². The summed E-state index contributed by atoms with van der Waals surface area (Å²) in [4.78, 5) is 12.8. The highest BCUT2D eigenvalue weighted by Gasteiger charge is 2.28. The lowest BCUT2D eigenvalue weighted by atomic mass is 10.0. The highest BCUT2D eigenvalue weighted by atomic mass is 35.5. The SMILES string of the molecule is COC(C(=O)N(Cl)Cc1ccc(C(=N)N)cc1)c1ccc(-c2ccccc2)cc1F. The van der Waals surface area contributed by atoms with Crippen LogP contribution in [0.25, 0.3) is 11.1 Å². The molecule has 7 heteroatoms. The van der Waals surface area contributed by atoms with E-state index in [4.69, 9.17) is 27.7 Å². The fourth-order valence-corrected chi connectivity index (χ4v) is 3.29. The zero-order valence-electron chi connectivity index (χ0n) is 16.3. The molecule has 0 fully saturated rings. The summed E-state index contributed by atoms with van der Waals surface area (Å²) in [5.41, 5.74) is 8.43. The van der Waals surface area contributed by atoms with Crippen LogP contribution in [0.5, 0.6) is 0 Å². The summed E-state index contributed by atoms with van der Waals surface area (Å²) in [6.07, 6.45) is -1.18. The van der Waals surface area contributed by atoms with E-state index in [9.17, 15) is 9.18 Å². The van der Waals surface area contributed by atoms with Crippen molar-refractivity contribution in [1.29, 1.82) is 5.41 Å². The number of carbonyl (C=O) groups excluding carboxylic acids is 1. The number of nitrogens with one attached hydrogen (secondary N) is 1. The van der Waals surface area contributed by atoms with Crippen LogP contribution in [0.2, 0.25) is 0 Å². The summed E-state index contributed by atoms with van der Waals surface area (Å²) in [6.45, 7) is 0.0855. The van der Waals surface area contributed by atoms with Crippen molar-refractivity contribution in [3.05, 3.63) is 95.3 Å². The highest BCUT2D eigenvalue weighted by Crippen LogP contribution is 2.28. The molecule has 0 aromatic heterocycles. The number of methoxy groups -OCH3 is 1. The summed E-state index contributed by atoms with van der Waals surface area (Å²) < 4.78 is 21.1. The summed E-state index contributed by atoms with van der Waals surface area (Å²) >= 11 is 6.19. The average molecular weight is 426 g/mol. The minimum absolute atomic E-state index is 0.0470. The van der Waals surface area contributed by atoms with Crippen LogP contribution >= 0.6 is 11.8 Å². The van der Waals surface area contributed by atoms with E-state index < -0.39 is 17.8 Å². The Balaban J connectivity index is 1.77. The topological polar surface area (TPSA) is 79.4 Å². The highest BCUT2D eigenvalue weighted by molar-refractivity contribution is 6.21. The minimum atomic E-state index is -1.18. The van der Waals surface area contributed by atoms with Gasteiger partial charge in [-0.25, -0.2) is 8.81 Å². The molecule has 5 nitrogen and oxygen atoms in total. The van der Waals surface area contributed by atoms with Crippen LogP contribution in [-0.4, -0.2) is 23.3 Å². The average Bonchev–Trinajstić information content (AvgIpc) is 2.76. The first kappa shape index (κ1) is 21.5. The van der Waals surface area contributed by atoms with Crippen molar-refractivity contribution in [2.24, 2.45) is 5.73 Å². The van der Waals surface area contributed by atoms with Gasteiger partial charge in [-0.3, -0.25) is 10.2 Å². The summed E-state index contributed by atoms with van der Waals surface area (Å²) in [5, 5.41) is 7.42. The molecular formula is C23H21ClFN3O2. The molecule has 0 bridgehead atoms. The molecule has 3 rings (SSSR count). The number of ether oxygens (including phenoxy) is 1. The van der Waals surface area contributed by atoms with E-state index in [0.717, 1.165) is 15.5 Å². The Hall–Kier alpha value is -3.22. The molecule has 30 heavy (non-hydrogen) atoms. The fourth-order valence-electron chi connectivity index (χ4n) is 3.07. The van der Waals surface area contributed by atoms with Crippen LogP contribution in [0.4, 0.5) is 4.39 Å². The molecule has 3 N–H and O–H groups in total. The van der Waals surface area contributed by atoms with E-state index in [0.29, 0.717) is 11.1 Å². The molecule has 3 aromatic carbocycles. The van der Waals surface area contributed by atoms with Gasteiger partial charge < -0.3 is 10.5 Å². The Morgan fingerprint density at radius 3 is 2.33 bits per heavy atom. The third-order valence-corrected chi connectivity index (χ3v) is 4.96. The van der Waals surface area contributed by atoms with Gasteiger partial charge in [0.05, 0.1) is 6.54 Å². The zero-order valence-corrected chi connectivity index (χ0v) is 17.1. The number of nitrogen functional groups attached to an aromatic ring is 1. The molecular weight excluding hydrogens is 405 g/mol. The van der Waals surface area contributed by atoms with Crippen LogP contribution in [0, 0.1) is 11.2 Å². The second kappa shape index (κ2) is 9.52. The summed E-state index contributed by atoms with van der Waals surface area (Å²) in [5.74, 6) is -1.18. The molecule has 0 saturated carbocycles. The number of amidine groups is 1. The van der Waals surface area contributed by atoms with Gasteiger partial charge in [0.2, 0.25) is 0 Å². The molecule has 0 aliphatic heterocycles. The molecule has 0 radical (unpaired) electrons. The van der Waals surface area contributed by atoms with Crippen molar-refractivity contribution in [1.82, 2.24) is 4.42 Å². The Morgan fingerprint density at radius 2 is 1.77 bits per heavy atom. The van der Waals surface area contributed by atoms with Gasteiger partial charge in [0, 0.05) is 30.0 Å². The summed E-state index contributed by atoms with van der Waals surface area (Å²) in [6, 6.07) is 20.8. The Morgan fingerprint density at radius 1 is 1.10 bits per heavy atom. The second-order valence-electron chi connectivity index (χ2n) is 6.69. The molecule has 3 aromatic rings. The van der Waals surface area contributed by atoms with Crippen molar-refractivity contribution in [2.45, 2.75) is 12.6 Å². The second-order valence-corrected chi connectivity index (χ2v) is 7.10. The number of nitrogens with zero attached hydrogens (tertiary/aromatic N) is 1. The lowest BCUT2D eigenvalue weighted by molar-refractivity contribution is -0.138. The van der Waals surface area contributed by atoms with Crippen molar-refractivity contribution in [3.63, 3.8) is 0 Å². The third-order valence-electron chi connectivity index (χ3n) is 4.68. The van der Waals surface area contributed by atoms with Crippen LogP contribution in [0.1, 0.15) is 22.8 Å². The van der Waals surface area contributed by atoms with Gasteiger partial charge in [0.15, 0.2) is 6.10 Å². The molecule has 1 unspecified atom stereocenters. The van der Waals surface area contributed by atoms with Gasteiger partial charge in [-0.15, -0.1) is 0 Å². The number of amides is 1. The number of rotatable bonds is 7. The quantitative estimate of drug-likeness (QED) is 0.328. The third kappa shape index (κ3) is 4.84. The molecule has 0 aliphatic rings. The fraction of sp³-hybridized carbons (Fsp3) is 0.130. The van der Waals surface area contributed by atoms with Crippen LogP contribution < -0.4 is 5.73 Å². The summed E-state index contributed by atoms with van der Waals surface area (Å²) in [7, 11) is 1.33. The standard InChI is InChI=1S/C23H21ClFN3O2/c1-30-21(19-12-11-18(13-20(19)25)16-5-3-2-4-6-16)23(29)28(24)14-15-7-9-17(10-8-15)22(26)27/h2-13,21H,14H2,1H3,(H3,26,27). The number of carbonyl (C=O) groups is 1. The number of nitrogens with two attached hydrogens (primary N) is 1. The Kier molecular flexibility index (Phi) is 6.82. The van der Waals surface area contributed by atoms with Crippen LogP contribution in [0.15, 0.2) is 72.8 Å². The van der Waals surface area contributed by atoms with E-state index in [1.165, 1.54) is 19.2 Å². The number of hydrogen-bond acceptors (Lipinski definition) is 3. The molecule has 0 spiro atoms. The molecule has 1 amide bonds. The van der Waals surface area contributed by atoms with E-state index in [1.807, 2.05) is 30.3 Å². The lowest BCUT2D eigenvalue weighted by Gasteiger charge is -2.21. The van der Waals surface area contributed by atoms with E-state index >= 15 is 0 Å². The largest absolute Gasteiger partial charge is 0.384 e. The number of halogens is 2. The Labute approximate surface area is 179 Å². The predicted octanol–water partition coefficient (Wildman–Crippen LogP) is 4.65. The van der Waals surface area contributed by atoms with Gasteiger partial charge in [-0.05, 0) is 22.8 Å². The van der Waals surface area contributed by atoms with Crippen LogP contribution in [0.3, 0.4) is 0 Å². The molecule has 1 atom stereocenters. The molecule has 0 heterocycles. The molecule has 154 valence electrons. The first-order chi connectivity index (χ1) is 14.4. The number of hydrogen-bond donors (Lipinski definition) is 2. The van der Waals surface area contributed by atoms with Crippen LogP contribution in [-0.2, 0) is 16.1 Å². The molecule has 0 aliphatic carbocycles. The van der Waals surface area contributed by atoms with Gasteiger partial charge in [0.1, 0.15) is 11.7 Å². The number of benzene rings is 3. The van der Waals surface area contributed by atoms with E-state index in [1.54, 1.807) is 30.3 Å². The van der Waals surface area contributed by atoms with Crippen molar-refractivity contribution in [2.75, 3.05) is 7.11 Å². The van der Waals surface area contributed by atoms with E-state index in [2.05, 4.69) is 0 Å². The monoisotopic (exact) mass is 425 g/mol. The van der Waals surface area contributed by atoms with Gasteiger partial charge in [0.25, 0.3) is 5.91 Å².